The maximum Gasteiger partial charge on any atom is 0.332 e. The van der Waals surface area contributed by atoms with Crippen LogP contribution in [0, 0.1) is 0 Å². The summed E-state index contributed by atoms with van der Waals surface area (Å²) >= 11 is 0. The number of benzene rings is 3. The van der Waals surface area contributed by atoms with Gasteiger partial charge in [-0.2, -0.15) is 0 Å². The van der Waals surface area contributed by atoms with Crippen LogP contribution in [0.5, 0.6) is 34.5 Å². The van der Waals surface area contributed by atoms with E-state index < -0.39 is 162 Å². The fourth-order valence-electron chi connectivity index (χ4n) is 5.80. The summed E-state index contributed by atoms with van der Waals surface area (Å²) in [6, 6.07) is 2.31. The quantitative estimate of drug-likeness (QED) is 0.0603. The Balaban J connectivity index is 1.44. The number of hydrogen-bond acceptors (Lipinski definition) is 20. The van der Waals surface area contributed by atoms with Crippen molar-refractivity contribution in [3.05, 3.63) is 70.8 Å². The lowest BCUT2D eigenvalue weighted by molar-refractivity contribution is -0.231. The molecule has 23 nitrogen and oxygen atoms in total. The zero-order chi connectivity index (χ0) is 43.3. The van der Waals surface area contributed by atoms with Crippen LogP contribution in [0.15, 0.2) is 48.5 Å². The van der Waals surface area contributed by atoms with Gasteiger partial charge in [0.1, 0.15) is 50.3 Å². The smallest absolute Gasteiger partial charge is 0.332 e. The van der Waals surface area contributed by atoms with Crippen LogP contribution in [0.3, 0.4) is 0 Å². The van der Waals surface area contributed by atoms with Crippen LogP contribution in [-0.2, 0) is 33.3 Å². The molecule has 0 radical (unpaired) electrons. The van der Waals surface area contributed by atoms with Crippen molar-refractivity contribution < 1.29 is 98.8 Å². The zero-order valence-electron chi connectivity index (χ0n) is 30.1. The van der Waals surface area contributed by atoms with E-state index in [-0.39, 0.29) is 5.56 Å². The molecule has 3 aromatic carbocycles. The minimum atomic E-state index is -2.04. The van der Waals surface area contributed by atoms with Crippen molar-refractivity contribution in [1.82, 2.24) is 16.0 Å². The Bertz CT molecular complexity index is 2060. The standard InChI is InChI=1S/C36H37N3O20/c40-9-23-27(47)28(48)29(49)30(59-23)13-7-16(26(46)22(43)8-13)33(52)39-19-12-58-35(54)17(37-31(50)14-3-1-5-20(41)24(14)44)10-56-34(53)18(11-57-36(19)55)38-32(51)15-4-2-6-21(42)25(15)45/h1-8,17-19,23,27-30,40-49H,9-12H2,(H,37,50)(H,38,51)(H,39,52)/t17-,18-,19-,23+,27+,28-,29+,30-/m0/s1. The van der Waals surface area contributed by atoms with Gasteiger partial charge in [-0.25, -0.2) is 14.4 Å². The fourth-order valence-corrected chi connectivity index (χ4v) is 5.80. The van der Waals surface area contributed by atoms with E-state index in [2.05, 4.69) is 16.0 Å². The number of nitrogens with one attached hydrogen (secondary N) is 3. The molecule has 0 spiro atoms. The molecule has 0 bridgehead atoms. The SMILES string of the molecule is O=C(N[C@H]1COC(=O)[C@@H](NC(=O)c2cccc(O)c2O)COC(=O)[C@@H](NC(=O)c2cc([C@@H]3O[C@H](CO)[C@@H](O)[C@H](O)[C@H]3O)cc(O)c2O)COC1=O)c1cccc(O)c1O. The lowest BCUT2D eigenvalue weighted by Crippen LogP contribution is -2.55. The first-order chi connectivity index (χ1) is 27.9. The van der Waals surface area contributed by atoms with Gasteiger partial charge in [-0.05, 0) is 42.0 Å². The predicted molar refractivity (Wildman–Crippen MR) is 189 cm³/mol. The highest BCUT2D eigenvalue weighted by atomic mass is 16.6. The number of rotatable bonds is 8. The van der Waals surface area contributed by atoms with Crippen LogP contribution in [0.4, 0.5) is 0 Å². The molecule has 8 atom stereocenters. The molecule has 13 N–H and O–H groups in total. The second-order valence-electron chi connectivity index (χ2n) is 13.0. The Labute approximate surface area is 330 Å². The molecule has 316 valence electrons. The minimum absolute atomic E-state index is 0.277. The summed E-state index contributed by atoms with van der Waals surface area (Å²) in [6.45, 7) is -4.02. The number of hydrogen-bond donors (Lipinski definition) is 13. The predicted octanol–water partition coefficient (Wildman–Crippen LogP) is -3.23. The average molecular weight is 832 g/mol. The van der Waals surface area contributed by atoms with Gasteiger partial charge in [0.15, 0.2) is 52.6 Å². The van der Waals surface area contributed by atoms with Gasteiger partial charge in [-0.3, -0.25) is 14.4 Å². The molecule has 59 heavy (non-hydrogen) atoms. The largest absolute Gasteiger partial charge is 0.504 e. The first kappa shape index (κ1) is 43.2. The van der Waals surface area contributed by atoms with Gasteiger partial charge in [0.25, 0.3) is 17.7 Å². The number of phenolic OH excluding ortho intramolecular Hbond substituents is 6. The molecule has 3 aromatic rings. The van der Waals surface area contributed by atoms with Crippen molar-refractivity contribution in [2.75, 3.05) is 26.4 Å². The number of carbonyl (C=O) groups excluding carboxylic acids is 6. The van der Waals surface area contributed by atoms with Crippen LogP contribution in [-0.4, -0.2) is 156 Å². The number of aliphatic hydroxyl groups is 4. The molecule has 2 aliphatic rings. The first-order valence-corrected chi connectivity index (χ1v) is 17.2. The number of carbonyl (C=O) groups is 6. The van der Waals surface area contributed by atoms with E-state index in [0.29, 0.717) is 0 Å². The van der Waals surface area contributed by atoms with Crippen molar-refractivity contribution >= 4 is 35.6 Å². The van der Waals surface area contributed by atoms with E-state index in [4.69, 9.17) is 18.9 Å². The van der Waals surface area contributed by atoms with Crippen LogP contribution < -0.4 is 16.0 Å². The summed E-state index contributed by atoms with van der Waals surface area (Å²) in [5, 5.41) is 108. The Morgan fingerprint density at radius 1 is 0.559 bits per heavy atom. The maximum atomic E-state index is 13.6. The molecular weight excluding hydrogens is 794 g/mol. The summed E-state index contributed by atoms with van der Waals surface area (Å²) in [5.74, 6) is -13.4. The maximum absolute atomic E-state index is 13.6. The molecule has 2 aliphatic heterocycles. The molecule has 5 rings (SSSR count). The van der Waals surface area contributed by atoms with Crippen molar-refractivity contribution in [2.24, 2.45) is 0 Å². The van der Waals surface area contributed by atoms with Crippen LogP contribution >= 0.6 is 0 Å². The molecule has 0 unspecified atom stereocenters. The Kier molecular flexibility index (Phi) is 13.3. The number of phenols is 6. The Morgan fingerprint density at radius 2 is 0.966 bits per heavy atom. The molecule has 0 aromatic heterocycles. The summed E-state index contributed by atoms with van der Waals surface area (Å²) in [5.41, 5.74) is -2.18. The number of aromatic hydroxyl groups is 6. The number of ether oxygens (including phenoxy) is 4. The molecule has 23 heteroatoms. The zero-order valence-corrected chi connectivity index (χ0v) is 30.1. The van der Waals surface area contributed by atoms with Gasteiger partial charge in [0, 0.05) is 0 Å². The molecule has 2 saturated heterocycles. The molecule has 0 aliphatic carbocycles. The molecular formula is C36H37N3O20. The van der Waals surface area contributed by atoms with Crippen molar-refractivity contribution in [3.8, 4) is 34.5 Å². The lowest BCUT2D eigenvalue weighted by Gasteiger charge is -2.40. The van der Waals surface area contributed by atoms with Gasteiger partial charge in [-0.15, -0.1) is 0 Å². The molecule has 2 fully saturated rings. The highest BCUT2D eigenvalue weighted by Gasteiger charge is 2.44. The topological polar surface area (TPSA) is 378 Å². The van der Waals surface area contributed by atoms with Crippen LogP contribution in [0.2, 0.25) is 0 Å². The number of aliphatic hydroxyl groups excluding tert-OH is 4. The highest BCUT2D eigenvalue weighted by molar-refractivity contribution is 6.02. The Hall–Kier alpha value is -6.92. The third kappa shape index (κ3) is 9.45. The normalized spacial score (nSPS) is 25.2. The second kappa shape index (κ2) is 18.1. The van der Waals surface area contributed by atoms with E-state index in [1.165, 1.54) is 12.1 Å². The average Bonchev–Trinajstić information content (AvgIpc) is 3.20. The van der Waals surface area contributed by atoms with Gasteiger partial charge < -0.3 is 86.0 Å². The summed E-state index contributed by atoms with van der Waals surface area (Å²) in [6.07, 6.45) is -8.57. The number of esters is 3. The van der Waals surface area contributed by atoms with Gasteiger partial charge in [0.2, 0.25) is 0 Å². The fraction of sp³-hybridized carbons (Fsp3) is 0.333. The highest BCUT2D eigenvalue weighted by Crippen LogP contribution is 2.38. The minimum Gasteiger partial charge on any atom is -0.504 e. The lowest BCUT2D eigenvalue weighted by atomic mass is 9.90. The van der Waals surface area contributed by atoms with Gasteiger partial charge >= 0.3 is 17.9 Å². The first-order valence-electron chi connectivity index (χ1n) is 17.2. The van der Waals surface area contributed by atoms with Gasteiger partial charge in [-0.1, -0.05) is 12.1 Å². The number of para-hydroxylation sites is 2. The second-order valence-corrected chi connectivity index (χ2v) is 13.0. The van der Waals surface area contributed by atoms with E-state index in [0.717, 1.165) is 36.4 Å². The summed E-state index contributed by atoms with van der Waals surface area (Å²) < 4.78 is 20.9. The van der Waals surface area contributed by atoms with E-state index in [1.54, 1.807) is 0 Å². The summed E-state index contributed by atoms with van der Waals surface area (Å²) in [4.78, 5) is 79.8. The van der Waals surface area contributed by atoms with E-state index in [9.17, 15) is 79.8 Å². The number of amides is 3. The third-order valence-corrected chi connectivity index (χ3v) is 9.04. The van der Waals surface area contributed by atoms with Crippen LogP contribution in [0.25, 0.3) is 0 Å². The van der Waals surface area contributed by atoms with Crippen LogP contribution in [0.1, 0.15) is 42.7 Å². The van der Waals surface area contributed by atoms with Crippen molar-refractivity contribution in [1.29, 1.82) is 0 Å². The Morgan fingerprint density at radius 3 is 1.39 bits per heavy atom. The van der Waals surface area contributed by atoms with Crippen molar-refractivity contribution in [2.45, 2.75) is 48.6 Å². The summed E-state index contributed by atoms with van der Waals surface area (Å²) in [7, 11) is 0. The van der Waals surface area contributed by atoms with E-state index >= 15 is 0 Å². The third-order valence-electron chi connectivity index (χ3n) is 9.04. The van der Waals surface area contributed by atoms with Crippen molar-refractivity contribution in [3.63, 3.8) is 0 Å². The van der Waals surface area contributed by atoms with E-state index in [1.807, 2.05) is 0 Å². The molecule has 2 heterocycles. The molecule has 0 saturated carbocycles. The monoisotopic (exact) mass is 831 g/mol. The van der Waals surface area contributed by atoms with Gasteiger partial charge in [0.05, 0.1) is 23.3 Å². The number of cyclic esters (lactones) is 3. The molecule has 3 amide bonds.